The minimum atomic E-state index is -0.225. The lowest BCUT2D eigenvalue weighted by Crippen LogP contribution is -2.22. The first-order valence-electron chi connectivity index (χ1n) is 8.00. The SMILES string of the molecule is CNC(=O)c1c(C=O)c2c(c3c1/C(=C/C=C\NOC)CN3)CCC2. The fourth-order valence-electron chi connectivity index (χ4n) is 3.57. The summed E-state index contributed by atoms with van der Waals surface area (Å²) in [5, 5.41) is 6.08. The van der Waals surface area contributed by atoms with E-state index in [2.05, 4.69) is 16.1 Å². The Bertz CT molecular complexity index is 751. The van der Waals surface area contributed by atoms with Crippen LogP contribution in [0, 0.1) is 0 Å². The van der Waals surface area contributed by atoms with Crippen LogP contribution in [0.3, 0.4) is 0 Å². The number of carbonyl (C=O) groups is 2. The van der Waals surface area contributed by atoms with Gasteiger partial charge in [0.1, 0.15) is 0 Å². The Kier molecular flexibility index (Phi) is 4.66. The molecular formula is C18H21N3O3. The van der Waals surface area contributed by atoms with Gasteiger partial charge in [-0.3, -0.25) is 19.9 Å². The molecule has 0 radical (unpaired) electrons. The molecule has 6 heteroatoms. The van der Waals surface area contributed by atoms with E-state index in [4.69, 9.17) is 4.84 Å². The average molecular weight is 327 g/mol. The summed E-state index contributed by atoms with van der Waals surface area (Å²) < 4.78 is 0. The van der Waals surface area contributed by atoms with Crippen LogP contribution in [0.25, 0.3) is 5.57 Å². The highest BCUT2D eigenvalue weighted by atomic mass is 16.6. The Balaban J connectivity index is 2.20. The molecule has 3 N–H and O–H groups in total. The maximum atomic E-state index is 12.5. The molecule has 126 valence electrons. The van der Waals surface area contributed by atoms with Crippen LogP contribution in [0.5, 0.6) is 0 Å². The molecule has 1 heterocycles. The summed E-state index contributed by atoms with van der Waals surface area (Å²) in [6.45, 7) is 0.630. The standard InChI is InChI=1S/C18H21N3O3/c1-19-18(23)16-14(10-22)12-6-3-7-13(12)17-15(16)11(9-20-17)5-4-8-21-24-2/h4-5,8,10,20-21H,3,6-7,9H2,1-2H3,(H,19,23)/b8-4-,11-5+. The fraction of sp³-hybridized carbons (Fsp3) is 0.333. The van der Waals surface area contributed by atoms with Crippen molar-refractivity contribution in [3.63, 3.8) is 0 Å². The molecule has 0 fully saturated rings. The summed E-state index contributed by atoms with van der Waals surface area (Å²) in [6, 6.07) is 0. The summed E-state index contributed by atoms with van der Waals surface area (Å²) in [5.74, 6) is -0.225. The molecule has 0 unspecified atom stereocenters. The van der Waals surface area contributed by atoms with Crippen LogP contribution in [-0.4, -0.2) is 32.9 Å². The predicted molar refractivity (Wildman–Crippen MR) is 93.0 cm³/mol. The molecule has 1 aromatic carbocycles. The summed E-state index contributed by atoms with van der Waals surface area (Å²) in [6.07, 6.45) is 9.03. The van der Waals surface area contributed by atoms with E-state index in [1.165, 1.54) is 12.7 Å². The fourth-order valence-corrected chi connectivity index (χ4v) is 3.57. The van der Waals surface area contributed by atoms with Crippen molar-refractivity contribution >= 4 is 23.5 Å². The highest BCUT2D eigenvalue weighted by molar-refractivity contribution is 6.10. The van der Waals surface area contributed by atoms with Gasteiger partial charge in [0.15, 0.2) is 6.29 Å². The molecule has 2 aliphatic rings. The van der Waals surface area contributed by atoms with Gasteiger partial charge in [0.2, 0.25) is 0 Å². The van der Waals surface area contributed by atoms with E-state index in [1.807, 2.05) is 12.2 Å². The number of benzene rings is 1. The maximum Gasteiger partial charge on any atom is 0.252 e. The van der Waals surface area contributed by atoms with E-state index >= 15 is 0 Å². The average Bonchev–Trinajstić information content (AvgIpc) is 3.23. The molecule has 0 saturated heterocycles. The number of hydrogen-bond donors (Lipinski definition) is 3. The van der Waals surface area contributed by atoms with Crippen molar-refractivity contribution in [2.24, 2.45) is 0 Å². The van der Waals surface area contributed by atoms with Crippen LogP contribution in [0.4, 0.5) is 5.69 Å². The Morgan fingerprint density at radius 3 is 2.79 bits per heavy atom. The normalized spacial score (nSPS) is 16.8. The molecule has 1 aliphatic carbocycles. The molecule has 24 heavy (non-hydrogen) atoms. The number of anilines is 1. The number of allylic oxidation sites excluding steroid dienone is 2. The summed E-state index contributed by atoms with van der Waals surface area (Å²) in [7, 11) is 3.12. The largest absolute Gasteiger partial charge is 0.380 e. The minimum absolute atomic E-state index is 0.225. The zero-order valence-electron chi connectivity index (χ0n) is 13.9. The zero-order valence-corrected chi connectivity index (χ0v) is 13.9. The van der Waals surface area contributed by atoms with E-state index in [0.29, 0.717) is 17.7 Å². The number of nitrogens with one attached hydrogen (secondary N) is 3. The molecule has 0 saturated carbocycles. The van der Waals surface area contributed by atoms with Crippen LogP contribution >= 0.6 is 0 Å². The topological polar surface area (TPSA) is 79.5 Å². The van der Waals surface area contributed by atoms with E-state index in [-0.39, 0.29) is 5.91 Å². The van der Waals surface area contributed by atoms with Gasteiger partial charge in [-0.2, -0.15) is 0 Å². The number of hydrogen-bond acceptors (Lipinski definition) is 5. The van der Waals surface area contributed by atoms with Crippen molar-refractivity contribution in [1.29, 1.82) is 0 Å². The lowest BCUT2D eigenvalue weighted by atomic mass is 9.89. The molecule has 3 rings (SSSR count). The van der Waals surface area contributed by atoms with Crippen molar-refractivity contribution < 1.29 is 14.4 Å². The highest BCUT2D eigenvalue weighted by Gasteiger charge is 2.32. The lowest BCUT2D eigenvalue weighted by Gasteiger charge is -2.16. The first kappa shape index (κ1) is 16.3. The molecule has 1 aromatic rings. The van der Waals surface area contributed by atoms with Crippen molar-refractivity contribution in [2.45, 2.75) is 19.3 Å². The Labute approximate surface area is 140 Å². The molecule has 0 aromatic heterocycles. The van der Waals surface area contributed by atoms with Gasteiger partial charge in [-0.25, -0.2) is 0 Å². The zero-order chi connectivity index (χ0) is 17.1. The number of fused-ring (bicyclic) bond motifs is 3. The summed E-state index contributed by atoms with van der Waals surface area (Å²) >= 11 is 0. The van der Waals surface area contributed by atoms with Gasteiger partial charge in [0, 0.05) is 36.6 Å². The monoisotopic (exact) mass is 327 g/mol. The second-order valence-electron chi connectivity index (χ2n) is 5.77. The summed E-state index contributed by atoms with van der Waals surface area (Å²) in [4.78, 5) is 29.0. The third-order valence-electron chi connectivity index (χ3n) is 4.54. The molecule has 0 atom stereocenters. The van der Waals surface area contributed by atoms with Crippen molar-refractivity contribution in [2.75, 3.05) is 26.0 Å². The van der Waals surface area contributed by atoms with Crippen molar-refractivity contribution in [3.8, 4) is 0 Å². The van der Waals surface area contributed by atoms with Gasteiger partial charge in [0.25, 0.3) is 5.91 Å². The van der Waals surface area contributed by atoms with Crippen LogP contribution in [0.2, 0.25) is 0 Å². The quantitative estimate of drug-likeness (QED) is 0.568. The molecule has 0 spiro atoms. The number of amides is 1. The van der Waals surface area contributed by atoms with E-state index in [9.17, 15) is 9.59 Å². The lowest BCUT2D eigenvalue weighted by molar-refractivity contribution is 0.0957. The Morgan fingerprint density at radius 2 is 2.08 bits per heavy atom. The molecular weight excluding hydrogens is 306 g/mol. The summed E-state index contributed by atoms with van der Waals surface area (Å²) in [5.41, 5.74) is 8.68. The van der Waals surface area contributed by atoms with Gasteiger partial charge >= 0.3 is 0 Å². The Morgan fingerprint density at radius 1 is 1.29 bits per heavy atom. The highest BCUT2D eigenvalue weighted by Crippen LogP contribution is 2.43. The van der Waals surface area contributed by atoms with Crippen molar-refractivity contribution in [1.82, 2.24) is 10.8 Å². The van der Waals surface area contributed by atoms with Crippen molar-refractivity contribution in [3.05, 3.63) is 46.2 Å². The van der Waals surface area contributed by atoms with Crippen LogP contribution in [0.15, 0.2) is 18.4 Å². The van der Waals surface area contributed by atoms with Gasteiger partial charge < -0.3 is 10.6 Å². The smallest absolute Gasteiger partial charge is 0.252 e. The third kappa shape index (κ3) is 2.59. The molecule has 1 amide bonds. The Hall–Kier alpha value is -2.60. The van der Waals surface area contributed by atoms with Crippen LogP contribution in [-0.2, 0) is 17.7 Å². The van der Waals surface area contributed by atoms with E-state index in [1.54, 1.807) is 13.2 Å². The maximum absolute atomic E-state index is 12.5. The van der Waals surface area contributed by atoms with Crippen LogP contribution < -0.4 is 16.1 Å². The number of carbonyl (C=O) groups excluding carboxylic acids is 2. The molecule has 1 aliphatic heterocycles. The van der Waals surface area contributed by atoms with E-state index < -0.39 is 0 Å². The van der Waals surface area contributed by atoms with Gasteiger partial charge in [-0.1, -0.05) is 6.08 Å². The van der Waals surface area contributed by atoms with Gasteiger partial charge in [-0.15, -0.1) is 0 Å². The molecule has 6 nitrogen and oxygen atoms in total. The van der Waals surface area contributed by atoms with E-state index in [0.717, 1.165) is 47.9 Å². The molecule has 0 bridgehead atoms. The first-order valence-corrected chi connectivity index (χ1v) is 8.00. The predicted octanol–water partition coefficient (Wildman–Crippen LogP) is 1.82. The second kappa shape index (κ2) is 6.88. The number of aldehydes is 1. The number of hydroxylamine groups is 1. The van der Waals surface area contributed by atoms with Gasteiger partial charge in [-0.05, 0) is 42.0 Å². The number of rotatable bonds is 5. The third-order valence-corrected chi connectivity index (χ3v) is 4.54. The second-order valence-corrected chi connectivity index (χ2v) is 5.77. The first-order chi connectivity index (χ1) is 11.7. The van der Waals surface area contributed by atoms with Gasteiger partial charge in [0.05, 0.1) is 12.7 Å². The minimum Gasteiger partial charge on any atom is -0.380 e. The van der Waals surface area contributed by atoms with Crippen LogP contribution in [0.1, 0.15) is 43.8 Å².